The van der Waals surface area contributed by atoms with E-state index in [1.165, 1.54) is 12.1 Å². The highest BCUT2D eigenvalue weighted by molar-refractivity contribution is 7.89. The lowest BCUT2D eigenvalue weighted by Crippen LogP contribution is -2.52. The van der Waals surface area contributed by atoms with Gasteiger partial charge in [-0.05, 0) is 24.7 Å². The number of benzene rings is 1. The average Bonchev–Trinajstić information content (AvgIpc) is 2.41. The highest BCUT2D eigenvalue weighted by atomic mass is 32.2. The Hall–Kier alpha value is -1.06. The summed E-state index contributed by atoms with van der Waals surface area (Å²) in [6.45, 7) is 2.81. The molecule has 0 radical (unpaired) electrons. The zero-order valence-electron chi connectivity index (χ0n) is 11.3. The number of piperazine rings is 1. The quantitative estimate of drug-likeness (QED) is 0.800. The zero-order chi connectivity index (χ0) is 14.8. The van der Waals surface area contributed by atoms with Gasteiger partial charge in [0.1, 0.15) is 10.7 Å². The molecule has 20 heavy (non-hydrogen) atoms. The van der Waals surface area contributed by atoms with Crippen molar-refractivity contribution in [2.75, 3.05) is 33.2 Å². The maximum atomic E-state index is 13.7. The van der Waals surface area contributed by atoms with E-state index in [0.717, 1.165) is 19.2 Å². The summed E-state index contributed by atoms with van der Waals surface area (Å²) in [5, 5.41) is 1.59. The van der Waals surface area contributed by atoms with Gasteiger partial charge in [-0.3, -0.25) is 0 Å². The van der Waals surface area contributed by atoms with Crippen LogP contribution in [0.15, 0.2) is 23.1 Å². The Bertz CT molecular complexity index is 571. The molecule has 0 unspecified atom stereocenters. The third-order valence-electron chi connectivity index (χ3n) is 3.27. The van der Waals surface area contributed by atoms with Crippen LogP contribution in [0.1, 0.15) is 5.56 Å². The average molecular weight is 302 g/mol. The molecule has 1 aliphatic rings. The first kappa shape index (κ1) is 15.3. The Morgan fingerprint density at radius 1 is 1.30 bits per heavy atom. The Morgan fingerprint density at radius 3 is 2.55 bits per heavy atom. The number of hydrazine groups is 1. The third-order valence-corrected chi connectivity index (χ3v) is 4.66. The smallest absolute Gasteiger partial charge is 0.256 e. The number of rotatable bonds is 4. The van der Waals surface area contributed by atoms with Gasteiger partial charge in [0.05, 0.1) is 0 Å². The summed E-state index contributed by atoms with van der Waals surface area (Å²) >= 11 is 0. The van der Waals surface area contributed by atoms with Gasteiger partial charge in [-0.15, -0.1) is 4.83 Å². The van der Waals surface area contributed by atoms with Gasteiger partial charge in [0, 0.05) is 32.7 Å². The second kappa shape index (κ2) is 6.15. The van der Waals surface area contributed by atoms with Crippen LogP contribution in [-0.2, 0) is 16.6 Å². The van der Waals surface area contributed by atoms with Gasteiger partial charge in [0.25, 0.3) is 10.0 Å². The first-order valence-electron chi connectivity index (χ1n) is 6.37. The van der Waals surface area contributed by atoms with E-state index >= 15 is 0 Å². The number of nitrogens with two attached hydrogens (primary N) is 1. The van der Waals surface area contributed by atoms with Crippen molar-refractivity contribution in [2.24, 2.45) is 5.73 Å². The van der Waals surface area contributed by atoms with Crippen molar-refractivity contribution in [2.45, 2.75) is 11.4 Å². The molecule has 0 spiro atoms. The van der Waals surface area contributed by atoms with Gasteiger partial charge >= 0.3 is 0 Å². The minimum atomic E-state index is -3.91. The van der Waals surface area contributed by atoms with E-state index in [-0.39, 0.29) is 11.4 Å². The van der Waals surface area contributed by atoms with E-state index in [2.05, 4.69) is 9.73 Å². The van der Waals surface area contributed by atoms with Crippen molar-refractivity contribution >= 4 is 10.0 Å². The van der Waals surface area contributed by atoms with Crippen molar-refractivity contribution < 1.29 is 12.8 Å². The summed E-state index contributed by atoms with van der Waals surface area (Å²) in [6.07, 6.45) is 0. The summed E-state index contributed by atoms with van der Waals surface area (Å²) in [5.41, 5.74) is 6.03. The monoisotopic (exact) mass is 302 g/mol. The summed E-state index contributed by atoms with van der Waals surface area (Å²) < 4.78 is 38.2. The van der Waals surface area contributed by atoms with Gasteiger partial charge in [0.15, 0.2) is 0 Å². The van der Waals surface area contributed by atoms with Gasteiger partial charge in [-0.1, -0.05) is 6.07 Å². The van der Waals surface area contributed by atoms with Crippen molar-refractivity contribution in [3.05, 3.63) is 29.6 Å². The van der Waals surface area contributed by atoms with Gasteiger partial charge in [0.2, 0.25) is 0 Å². The van der Waals surface area contributed by atoms with Crippen LogP contribution in [-0.4, -0.2) is 51.6 Å². The van der Waals surface area contributed by atoms with Crippen LogP contribution in [0.5, 0.6) is 0 Å². The number of likely N-dealkylation sites (N-methyl/N-ethyl adjacent to an activating group) is 1. The molecule has 3 N–H and O–H groups in total. The number of hydrogen-bond donors (Lipinski definition) is 2. The van der Waals surface area contributed by atoms with Gasteiger partial charge in [-0.2, -0.15) is 0 Å². The summed E-state index contributed by atoms with van der Waals surface area (Å²) in [5.74, 6) is -0.774. The van der Waals surface area contributed by atoms with Crippen molar-refractivity contribution in [1.29, 1.82) is 0 Å². The highest BCUT2D eigenvalue weighted by Crippen LogP contribution is 2.16. The summed E-state index contributed by atoms with van der Waals surface area (Å²) in [6, 6.07) is 3.87. The Balaban J connectivity index is 2.18. The second-order valence-corrected chi connectivity index (χ2v) is 6.48. The zero-order valence-corrected chi connectivity index (χ0v) is 12.2. The first-order valence-corrected chi connectivity index (χ1v) is 7.85. The number of nitrogens with zero attached hydrogens (tertiary/aromatic N) is 2. The maximum absolute atomic E-state index is 13.7. The molecule has 0 bridgehead atoms. The number of halogens is 1. The van der Waals surface area contributed by atoms with E-state index in [0.29, 0.717) is 18.7 Å². The van der Waals surface area contributed by atoms with Crippen LogP contribution in [0.2, 0.25) is 0 Å². The van der Waals surface area contributed by atoms with E-state index < -0.39 is 15.8 Å². The molecule has 1 aliphatic heterocycles. The Labute approximate surface area is 118 Å². The van der Waals surface area contributed by atoms with E-state index in [9.17, 15) is 12.8 Å². The molecule has 1 aromatic rings. The lowest BCUT2D eigenvalue weighted by Gasteiger charge is -2.32. The second-order valence-electron chi connectivity index (χ2n) is 4.85. The normalized spacial score (nSPS) is 18.4. The number of sulfonamides is 1. The summed E-state index contributed by atoms with van der Waals surface area (Å²) in [7, 11) is -1.95. The van der Waals surface area contributed by atoms with Crippen LogP contribution in [0, 0.1) is 5.82 Å². The molecule has 0 saturated carbocycles. The SMILES string of the molecule is CN1CCN(NS(=O)(=O)c2cc(CN)ccc2F)CC1. The van der Waals surface area contributed by atoms with Crippen molar-refractivity contribution in [3.63, 3.8) is 0 Å². The van der Waals surface area contributed by atoms with Crippen LogP contribution < -0.4 is 10.6 Å². The molecule has 0 amide bonds. The lowest BCUT2D eigenvalue weighted by atomic mass is 10.2. The standard InChI is InChI=1S/C12H19FN4O2S/c1-16-4-6-17(7-5-16)15-20(18,19)12-8-10(9-14)2-3-11(12)13/h2-3,8,15H,4-7,9,14H2,1H3. The fraction of sp³-hybridized carbons (Fsp3) is 0.500. The Kier molecular flexibility index (Phi) is 4.71. The van der Waals surface area contributed by atoms with Crippen LogP contribution in [0.25, 0.3) is 0 Å². The van der Waals surface area contributed by atoms with Crippen molar-refractivity contribution in [1.82, 2.24) is 14.7 Å². The molecule has 0 aromatic heterocycles. The predicted octanol–water partition coefficient (Wildman–Crippen LogP) is -0.275. The molecular weight excluding hydrogens is 283 g/mol. The summed E-state index contributed by atoms with van der Waals surface area (Å²) in [4.78, 5) is 4.16. The molecule has 6 nitrogen and oxygen atoms in total. The highest BCUT2D eigenvalue weighted by Gasteiger charge is 2.24. The molecule has 8 heteroatoms. The predicted molar refractivity (Wildman–Crippen MR) is 73.7 cm³/mol. The molecule has 0 aliphatic carbocycles. The maximum Gasteiger partial charge on any atom is 0.256 e. The van der Waals surface area contributed by atoms with E-state index in [1.807, 2.05) is 7.05 Å². The third kappa shape index (κ3) is 3.53. The topological polar surface area (TPSA) is 78.7 Å². The fourth-order valence-corrected chi connectivity index (χ4v) is 3.25. The molecule has 112 valence electrons. The molecule has 1 saturated heterocycles. The molecule has 0 atom stereocenters. The van der Waals surface area contributed by atoms with Crippen LogP contribution >= 0.6 is 0 Å². The van der Waals surface area contributed by atoms with E-state index in [1.54, 1.807) is 5.01 Å². The van der Waals surface area contributed by atoms with E-state index in [4.69, 9.17) is 5.73 Å². The lowest BCUT2D eigenvalue weighted by molar-refractivity contribution is 0.134. The van der Waals surface area contributed by atoms with Gasteiger partial charge in [-0.25, -0.2) is 17.8 Å². The van der Waals surface area contributed by atoms with Crippen molar-refractivity contribution in [3.8, 4) is 0 Å². The first-order chi connectivity index (χ1) is 9.42. The molecule has 1 aromatic carbocycles. The Morgan fingerprint density at radius 2 is 1.95 bits per heavy atom. The van der Waals surface area contributed by atoms with Gasteiger partial charge < -0.3 is 10.6 Å². The fourth-order valence-electron chi connectivity index (χ4n) is 2.00. The minimum Gasteiger partial charge on any atom is -0.326 e. The van der Waals surface area contributed by atoms with Crippen LogP contribution in [0.3, 0.4) is 0 Å². The number of nitrogens with one attached hydrogen (secondary N) is 1. The molecule has 1 fully saturated rings. The minimum absolute atomic E-state index is 0.164. The largest absolute Gasteiger partial charge is 0.326 e. The molecule has 2 rings (SSSR count). The number of hydrogen-bond acceptors (Lipinski definition) is 5. The molecule has 1 heterocycles. The molecular formula is C12H19FN4O2S. The van der Waals surface area contributed by atoms with Crippen LogP contribution in [0.4, 0.5) is 4.39 Å².